The van der Waals surface area contributed by atoms with Crippen molar-refractivity contribution in [1.29, 1.82) is 0 Å². The van der Waals surface area contributed by atoms with Gasteiger partial charge in [-0.05, 0) is 123 Å². The summed E-state index contributed by atoms with van der Waals surface area (Å²) < 4.78 is 93.2. The number of carbonyl (C=O) groups is 1. The van der Waals surface area contributed by atoms with E-state index in [2.05, 4.69) is 25.1 Å². The fourth-order valence-corrected chi connectivity index (χ4v) is 8.83. The van der Waals surface area contributed by atoms with Gasteiger partial charge in [0, 0.05) is 31.2 Å². The van der Waals surface area contributed by atoms with Crippen LogP contribution in [0, 0.1) is 0 Å². The monoisotopic (exact) mass is 799 g/mol. The van der Waals surface area contributed by atoms with Crippen LogP contribution >= 0.6 is 0 Å². The Hall–Kier alpha value is -4.74. The van der Waals surface area contributed by atoms with Gasteiger partial charge in [-0.1, -0.05) is 30.3 Å². The molecule has 0 unspecified atom stereocenters. The molecule has 3 heterocycles. The molecule has 17 heteroatoms. The Morgan fingerprint density at radius 3 is 1.98 bits per heavy atom. The zero-order chi connectivity index (χ0) is 40.3. The van der Waals surface area contributed by atoms with Crippen molar-refractivity contribution in [2.45, 2.75) is 88.2 Å². The number of nitrogens with one attached hydrogen (secondary N) is 1. The minimum absolute atomic E-state index is 0.0568. The second-order valence-electron chi connectivity index (χ2n) is 15.1. The predicted molar refractivity (Wildman–Crippen MR) is 202 cm³/mol. The molecule has 6 rings (SSSR count). The fraction of sp³-hybridized carbons (Fsp3) is 0.487. The summed E-state index contributed by atoms with van der Waals surface area (Å²) in [7, 11) is -1.81. The van der Waals surface area contributed by atoms with Crippen molar-refractivity contribution in [1.82, 2.24) is 34.7 Å². The van der Waals surface area contributed by atoms with Crippen LogP contribution in [-0.4, -0.2) is 96.6 Å². The van der Waals surface area contributed by atoms with Crippen LogP contribution < -0.4 is 14.2 Å². The molecule has 0 radical (unpaired) electrons. The molecule has 0 aliphatic carbocycles. The molecule has 0 bridgehead atoms. The number of likely N-dealkylation sites (tertiary alicyclic amines) is 2. The van der Waals surface area contributed by atoms with Gasteiger partial charge < -0.3 is 24.0 Å². The summed E-state index contributed by atoms with van der Waals surface area (Å²) in [6.07, 6.45) is -2.71. The number of hydrogen-bond acceptors (Lipinski definition) is 10. The van der Waals surface area contributed by atoms with Crippen LogP contribution in [-0.2, 0) is 34.0 Å². The van der Waals surface area contributed by atoms with Gasteiger partial charge in [0.05, 0.1) is 26.3 Å². The topological polar surface area (TPSA) is 141 Å². The first-order valence-electron chi connectivity index (χ1n) is 18.5. The summed E-state index contributed by atoms with van der Waals surface area (Å²) in [4.78, 5) is 15.8. The lowest BCUT2D eigenvalue weighted by atomic mass is 9.84. The van der Waals surface area contributed by atoms with Crippen LogP contribution in [0.2, 0.25) is 0 Å². The number of halogens is 3. The van der Waals surface area contributed by atoms with E-state index in [4.69, 9.17) is 14.2 Å². The number of methoxy groups -OCH3 is 2. The summed E-state index contributed by atoms with van der Waals surface area (Å²) >= 11 is 0. The molecule has 302 valence electrons. The van der Waals surface area contributed by atoms with Crippen molar-refractivity contribution in [3.63, 3.8) is 0 Å². The van der Waals surface area contributed by atoms with Gasteiger partial charge >= 0.3 is 12.3 Å². The van der Waals surface area contributed by atoms with Crippen molar-refractivity contribution in [3.05, 3.63) is 82.9 Å². The number of amides is 1. The van der Waals surface area contributed by atoms with E-state index in [0.717, 1.165) is 24.5 Å². The lowest BCUT2D eigenvalue weighted by Crippen LogP contribution is -2.49. The molecule has 13 nitrogen and oxygen atoms in total. The predicted octanol–water partition coefficient (Wildman–Crippen LogP) is 6.48. The summed E-state index contributed by atoms with van der Waals surface area (Å²) in [5.74, 6) is 0.768. The summed E-state index contributed by atoms with van der Waals surface area (Å²) in [5.41, 5.74) is -0.405. The molecule has 4 aromatic rings. The first kappa shape index (κ1) is 40.9. The number of aromatic nitrogens is 4. The van der Waals surface area contributed by atoms with Crippen molar-refractivity contribution in [2.75, 3.05) is 40.4 Å². The van der Waals surface area contributed by atoms with Crippen LogP contribution in [0.1, 0.15) is 74.6 Å². The van der Waals surface area contributed by atoms with Gasteiger partial charge in [-0.2, -0.15) is 13.2 Å². The zero-order valence-electron chi connectivity index (χ0n) is 32.2. The van der Waals surface area contributed by atoms with E-state index in [1.165, 1.54) is 25.0 Å². The van der Waals surface area contributed by atoms with Crippen LogP contribution in [0.3, 0.4) is 0 Å². The normalized spacial score (nSPS) is 16.5. The highest BCUT2D eigenvalue weighted by Gasteiger charge is 2.42. The third kappa shape index (κ3) is 9.61. The maximum atomic E-state index is 14.9. The molecule has 0 saturated carbocycles. The first-order valence-corrected chi connectivity index (χ1v) is 20.0. The molecule has 2 aliphatic heterocycles. The smallest absolute Gasteiger partial charge is 0.417 e. The molecule has 2 saturated heterocycles. The van der Waals surface area contributed by atoms with Gasteiger partial charge in [-0.15, -0.1) is 5.10 Å². The molecule has 2 aliphatic rings. The van der Waals surface area contributed by atoms with E-state index >= 15 is 0 Å². The Balaban J connectivity index is 1.33. The molecule has 2 fully saturated rings. The quantitative estimate of drug-likeness (QED) is 0.179. The summed E-state index contributed by atoms with van der Waals surface area (Å²) in [6.45, 7) is 7.69. The Morgan fingerprint density at radius 2 is 1.43 bits per heavy atom. The van der Waals surface area contributed by atoms with Gasteiger partial charge in [0.1, 0.15) is 22.0 Å². The lowest BCUT2D eigenvalue weighted by molar-refractivity contribution is -0.139. The van der Waals surface area contributed by atoms with Crippen molar-refractivity contribution >= 4 is 16.1 Å². The molecular weight excluding hydrogens is 752 g/mol. The maximum Gasteiger partial charge on any atom is 0.417 e. The average Bonchev–Trinajstić information content (AvgIpc) is 3.63. The van der Waals surface area contributed by atoms with Crippen molar-refractivity contribution < 1.29 is 40.6 Å². The first-order chi connectivity index (χ1) is 26.6. The van der Waals surface area contributed by atoms with Crippen LogP contribution in [0.25, 0.3) is 11.4 Å². The highest BCUT2D eigenvalue weighted by molar-refractivity contribution is 7.89. The number of nitrogens with zero attached hydrogens (tertiary/aromatic N) is 6. The van der Waals surface area contributed by atoms with E-state index in [0.29, 0.717) is 61.6 Å². The minimum atomic E-state index is -5.02. The van der Waals surface area contributed by atoms with E-state index in [-0.39, 0.29) is 42.5 Å². The highest BCUT2D eigenvalue weighted by atomic mass is 32.2. The average molecular weight is 800 g/mol. The maximum absolute atomic E-state index is 14.9. The minimum Gasteiger partial charge on any atom is -0.497 e. The molecule has 1 N–H and O–H groups in total. The van der Waals surface area contributed by atoms with Gasteiger partial charge in [0.15, 0.2) is 5.82 Å². The highest BCUT2D eigenvalue weighted by Crippen LogP contribution is 2.45. The molecular formula is C39H48F3N7O6S. The number of rotatable bonds is 11. The third-order valence-electron chi connectivity index (χ3n) is 10.2. The number of sulfonamides is 1. The number of tetrazole rings is 1. The molecule has 1 aromatic heterocycles. The Labute approximate surface area is 325 Å². The van der Waals surface area contributed by atoms with Crippen molar-refractivity contribution in [2.24, 2.45) is 0 Å². The van der Waals surface area contributed by atoms with Gasteiger partial charge in [-0.3, -0.25) is 0 Å². The number of ether oxygens (including phenoxy) is 3. The lowest BCUT2D eigenvalue weighted by Gasteiger charge is -2.42. The third-order valence-corrected chi connectivity index (χ3v) is 11.7. The summed E-state index contributed by atoms with van der Waals surface area (Å²) in [5, 5.41) is 12.1. The van der Waals surface area contributed by atoms with Crippen LogP contribution in [0.5, 0.6) is 11.5 Å². The Kier molecular flexibility index (Phi) is 12.3. The van der Waals surface area contributed by atoms with Crippen LogP contribution in [0.4, 0.5) is 18.0 Å². The Morgan fingerprint density at radius 1 is 0.839 bits per heavy atom. The Bertz CT molecular complexity index is 2070. The molecule has 0 atom stereocenters. The standard InChI is InChI=1S/C39H48F3N7O6S/c1-38(2,3)55-37(50)48-22-18-29(19-23-48)47-20-16-28(17-21-47)32-14-15-33(39(40,41)42)35(56(51,52)43-24-26-6-10-30(53-4)11-7-26)34(32)36-44-45-46-49(36)25-27-8-12-31(54-5)13-9-27/h6-15,28-29,43H,16-25H2,1-5H3. The molecule has 3 aromatic carbocycles. The largest absolute Gasteiger partial charge is 0.497 e. The van der Waals surface area contributed by atoms with E-state index in [1.807, 2.05) is 20.8 Å². The number of carbonyl (C=O) groups excluding carboxylic acids is 1. The zero-order valence-corrected chi connectivity index (χ0v) is 33.0. The van der Waals surface area contributed by atoms with Crippen molar-refractivity contribution in [3.8, 4) is 22.9 Å². The number of benzene rings is 3. The molecule has 0 spiro atoms. The van der Waals surface area contributed by atoms with Gasteiger partial charge in [0.2, 0.25) is 10.0 Å². The molecule has 56 heavy (non-hydrogen) atoms. The van der Waals surface area contributed by atoms with Crippen LogP contribution in [0.15, 0.2) is 65.6 Å². The second kappa shape index (κ2) is 16.8. The van der Waals surface area contributed by atoms with E-state index in [9.17, 15) is 26.4 Å². The van der Waals surface area contributed by atoms with Gasteiger partial charge in [-0.25, -0.2) is 22.6 Å². The summed E-state index contributed by atoms with van der Waals surface area (Å²) in [6, 6.07) is 16.0. The fourth-order valence-electron chi connectivity index (χ4n) is 7.37. The number of piperidine rings is 2. The van der Waals surface area contributed by atoms with E-state index < -0.39 is 32.3 Å². The second-order valence-corrected chi connectivity index (χ2v) is 16.8. The number of alkyl halides is 3. The SMILES string of the molecule is COc1ccc(CNS(=O)(=O)c2c(C(F)(F)F)ccc(C3CCN(C4CCN(C(=O)OC(C)(C)C)CC4)CC3)c2-c2nnnn2Cc2ccc(OC)cc2)cc1. The van der Waals surface area contributed by atoms with E-state index in [1.54, 1.807) is 53.4 Å². The molecule has 1 amide bonds. The number of hydrogen-bond donors (Lipinski definition) is 1. The van der Waals surface area contributed by atoms with Gasteiger partial charge in [0.25, 0.3) is 0 Å².